The Morgan fingerprint density at radius 2 is 0.833 bits per heavy atom. The molecule has 0 aromatic carbocycles. The van der Waals surface area contributed by atoms with Gasteiger partial charge in [0.2, 0.25) is 17.7 Å². The highest BCUT2D eigenvalue weighted by molar-refractivity contribution is 5.74. The van der Waals surface area contributed by atoms with Crippen molar-refractivity contribution in [2.75, 3.05) is 26.4 Å². The smallest absolute Gasteiger partial charge is 0.217 e. The van der Waals surface area contributed by atoms with Gasteiger partial charge in [0.15, 0.2) is 25.2 Å². The molecule has 15 N–H and O–H groups in total. The van der Waals surface area contributed by atoms with Gasteiger partial charge in [0.1, 0.15) is 91.4 Å². The van der Waals surface area contributed by atoms with Gasteiger partial charge in [-0.2, -0.15) is 0 Å². The van der Waals surface area contributed by atoms with Crippen molar-refractivity contribution in [3.63, 3.8) is 0 Å². The van der Waals surface area contributed by atoms with E-state index < -0.39 is 167 Å². The predicted molar refractivity (Wildman–Crippen MR) is 171 cm³/mol. The van der Waals surface area contributed by atoms with Gasteiger partial charge in [-0.05, 0) is 0 Å². The number of carbonyl (C=O) groups excluding carboxylic acids is 3. The number of amides is 3. The summed E-state index contributed by atoms with van der Waals surface area (Å²) in [6.07, 6.45) is -26.1. The molecule has 3 amide bonds. The fraction of sp³-hybridized carbons (Fsp3) is 0.900. The molecule has 4 heterocycles. The number of aliphatic hydroxyl groups is 10. The molecule has 54 heavy (non-hydrogen) atoms. The minimum absolute atomic E-state index is 0.655. The highest BCUT2D eigenvalue weighted by atomic mass is 16.8. The highest BCUT2D eigenvalue weighted by Gasteiger charge is 2.56. The second kappa shape index (κ2) is 19.2. The molecule has 10 unspecified atom stereocenters. The molecule has 4 rings (SSSR count). The molecule has 20 atom stereocenters. The Morgan fingerprint density at radius 3 is 1.22 bits per heavy atom. The molecule has 0 saturated carbocycles. The number of ether oxygens (including phenoxy) is 7. The summed E-state index contributed by atoms with van der Waals surface area (Å²) < 4.78 is 40.3. The first-order chi connectivity index (χ1) is 25.5. The number of aliphatic hydroxyl groups excluding tert-OH is 10. The van der Waals surface area contributed by atoms with Crippen LogP contribution in [0.3, 0.4) is 0 Å². The van der Waals surface area contributed by atoms with Gasteiger partial charge in [0, 0.05) is 20.8 Å². The lowest BCUT2D eigenvalue weighted by molar-refractivity contribution is -0.361. The van der Waals surface area contributed by atoms with Crippen molar-refractivity contribution in [3.8, 4) is 0 Å². The Bertz CT molecular complexity index is 1260. The van der Waals surface area contributed by atoms with E-state index in [1.165, 1.54) is 0 Å². The lowest BCUT2D eigenvalue weighted by atomic mass is 9.93. The molecule has 4 aliphatic rings. The van der Waals surface area contributed by atoms with Crippen molar-refractivity contribution in [1.29, 1.82) is 0 Å². The van der Waals surface area contributed by atoms with Crippen molar-refractivity contribution in [1.82, 2.24) is 16.0 Å². The summed E-state index contributed by atoms with van der Waals surface area (Å²) in [5.74, 6) is -2.11. The summed E-state index contributed by atoms with van der Waals surface area (Å²) in [5.41, 5.74) is 5.98. The Morgan fingerprint density at radius 1 is 0.500 bits per heavy atom. The first-order valence-corrected chi connectivity index (χ1v) is 17.1. The first-order valence-electron chi connectivity index (χ1n) is 17.1. The largest absolute Gasteiger partial charge is 0.394 e. The molecule has 24 nitrogen and oxygen atoms in total. The van der Waals surface area contributed by atoms with Crippen LogP contribution in [0.5, 0.6) is 0 Å². The second-order valence-corrected chi connectivity index (χ2v) is 13.4. The zero-order valence-corrected chi connectivity index (χ0v) is 29.5. The van der Waals surface area contributed by atoms with E-state index in [1.807, 2.05) is 0 Å². The molecule has 0 aromatic heterocycles. The zero-order valence-electron chi connectivity index (χ0n) is 29.5. The highest BCUT2D eigenvalue weighted by Crippen LogP contribution is 2.34. The standard InChI is InChI=1S/C30H52N4O20/c1-8(39)32-16-21(44)24(12(5-36)48-27(16)47)53-29-18(34-10(3)41)23(46)26(14(7-38)51-29)54-30-17(33-9(2)40)22(45)25(13(6-37)50-30)52-28-15(31)20(43)19(42)11(4-35)49-28/h11-30,35-38,42-47H,4-7,31H2,1-3H3,(H,32,39)(H,33,40)(H,34,41)/t11?,12?,13?,14?,15?,16-,17-,18?,19?,20-,21?,22?,23-,24+,25+,26?,27+,28+,29+,30-/m1/s1. The Balaban J connectivity index is 1.59. The SMILES string of the molecule is CC(=O)NC1[C@H](O[C@H]2C(CO)O[C@H](O)[C@H](NC(C)=O)C2O)OC(CO)C(O[C@H]2OC(CO)[C@H](O[C@@H]3OC(CO)C(O)[C@H](O)C3N)C(O)[C@H]2NC(C)=O)[C@@H]1O. The Kier molecular flexibility index (Phi) is 15.8. The second-order valence-electron chi connectivity index (χ2n) is 13.4. The van der Waals surface area contributed by atoms with E-state index in [4.69, 9.17) is 38.9 Å². The number of rotatable bonds is 13. The summed E-state index contributed by atoms with van der Waals surface area (Å²) in [4.78, 5) is 36.3. The molecule has 312 valence electrons. The van der Waals surface area contributed by atoms with Gasteiger partial charge < -0.3 is 106 Å². The fourth-order valence-corrected chi connectivity index (χ4v) is 6.81. The van der Waals surface area contributed by atoms with Crippen LogP contribution in [0, 0.1) is 0 Å². The predicted octanol–water partition coefficient (Wildman–Crippen LogP) is -9.35. The van der Waals surface area contributed by atoms with E-state index in [-0.39, 0.29) is 0 Å². The summed E-state index contributed by atoms with van der Waals surface area (Å²) in [6, 6.07) is -6.00. The van der Waals surface area contributed by atoms with Gasteiger partial charge in [-0.3, -0.25) is 14.4 Å². The Hall–Kier alpha value is -2.31. The lowest BCUT2D eigenvalue weighted by Gasteiger charge is -2.50. The summed E-state index contributed by atoms with van der Waals surface area (Å²) in [5, 5.41) is 112. The van der Waals surface area contributed by atoms with Gasteiger partial charge >= 0.3 is 0 Å². The Labute approximate surface area is 308 Å². The van der Waals surface area contributed by atoms with E-state index in [0.717, 1.165) is 20.8 Å². The van der Waals surface area contributed by atoms with E-state index in [2.05, 4.69) is 16.0 Å². The summed E-state index contributed by atoms with van der Waals surface area (Å²) in [6.45, 7) is -0.0467. The van der Waals surface area contributed by atoms with Crippen molar-refractivity contribution >= 4 is 17.7 Å². The third-order valence-electron chi connectivity index (χ3n) is 9.49. The molecule has 0 spiro atoms. The summed E-state index contributed by atoms with van der Waals surface area (Å²) in [7, 11) is 0. The molecule has 24 heteroatoms. The molecule has 4 fully saturated rings. The topological polar surface area (TPSA) is 380 Å². The third-order valence-corrected chi connectivity index (χ3v) is 9.49. The van der Waals surface area contributed by atoms with Crippen LogP contribution in [-0.2, 0) is 47.5 Å². The molecule has 4 saturated heterocycles. The molecular weight excluding hydrogens is 736 g/mol. The first kappa shape index (κ1) is 44.4. The monoisotopic (exact) mass is 788 g/mol. The zero-order chi connectivity index (χ0) is 40.2. The van der Waals surface area contributed by atoms with Crippen LogP contribution in [0.25, 0.3) is 0 Å². The van der Waals surface area contributed by atoms with E-state index in [0.29, 0.717) is 0 Å². The van der Waals surface area contributed by atoms with Crippen LogP contribution in [0.15, 0.2) is 0 Å². The van der Waals surface area contributed by atoms with E-state index in [9.17, 15) is 65.4 Å². The fourth-order valence-electron chi connectivity index (χ4n) is 6.81. The number of nitrogens with one attached hydrogen (secondary N) is 3. The minimum atomic E-state index is -1.87. The van der Waals surface area contributed by atoms with Crippen molar-refractivity contribution in [3.05, 3.63) is 0 Å². The maximum absolute atomic E-state index is 12.3. The average molecular weight is 789 g/mol. The van der Waals surface area contributed by atoms with E-state index in [1.54, 1.807) is 0 Å². The minimum Gasteiger partial charge on any atom is -0.394 e. The number of nitrogens with two attached hydrogens (primary N) is 1. The quantitative estimate of drug-likeness (QED) is 0.0824. The van der Waals surface area contributed by atoms with Gasteiger partial charge in [-0.1, -0.05) is 0 Å². The van der Waals surface area contributed by atoms with Crippen LogP contribution >= 0.6 is 0 Å². The average Bonchev–Trinajstić information content (AvgIpc) is 3.12. The third kappa shape index (κ3) is 9.79. The maximum Gasteiger partial charge on any atom is 0.217 e. The maximum atomic E-state index is 12.3. The number of hydrogen-bond acceptors (Lipinski definition) is 21. The van der Waals surface area contributed by atoms with Crippen molar-refractivity contribution < 1.29 is 98.6 Å². The van der Waals surface area contributed by atoms with Crippen LogP contribution in [0.4, 0.5) is 0 Å². The van der Waals surface area contributed by atoms with Crippen LogP contribution in [0.2, 0.25) is 0 Å². The number of hydrogen-bond donors (Lipinski definition) is 14. The van der Waals surface area contributed by atoms with Crippen molar-refractivity contribution in [2.24, 2.45) is 5.73 Å². The molecule has 0 bridgehead atoms. The van der Waals surface area contributed by atoms with Gasteiger partial charge in [-0.15, -0.1) is 0 Å². The van der Waals surface area contributed by atoms with Crippen LogP contribution in [0.1, 0.15) is 20.8 Å². The molecule has 0 aliphatic carbocycles. The van der Waals surface area contributed by atoms with Crippen molar-refractivity contribution in [2.45, 2.75) is 143 Å². The molecular formula is C30H52N4O20. The normalized spacial score (nSPS) is 45.7. The van der Waals surface area contributed by atoms with Gasteiger partial charge in [-0.25, -0.2) is 0 Å². The summed E-state index contributed by atoms with van der Waals surface area (Å²) >= 11 is 0. The molecule has 0 aromatic rings. The number of carbonyl (C=O) groups is 3. The van der Waals surface area contributed by atoms with Crippen LogP contribution < -0.4 is 21.7 Å². The van der Waals surface area contributed by atoms with Crippen LogP contribution in [-0.4, -0.2) is 218 Å². The lowest BCUT2D eigenvalue weighted by Crippen LogP contribution is -2.71. The van der Waals surface area contributed by atoms with E-state index >= 15 is 0 Å². The molecule has 0 radical (unpaired) electrons. The van der Waals surface area contributed by atoms with Gasteiger partial charge in [0.25, 0.3) is 0 Å². The van der Waals surface area contributed by atoms with Gasteiger partial charge in [0.05, 0.1) is 32.5 Å². The molecule has 4 aliphatic heterocycles.